The van der Waals surface area contributed by atoms with Crippen LogP contribution >= 0.6 is 11.6 Å². The van der Waals surface area contributed by atoms with Crippen LogP contribution in [0.2, 0.25) is 5.02 Å². The quantitative estimate of drug-likeness (QED) is 0.844. The Morgan fingerprint density at radius 1 is 1.19 bits per heavy atom. The smallest absolute Gasteiger partial charge is 0.258 e. The zero-order valence-corrected chi connectivity index (χ0v) is 13.0. The molecule has 112 valence electrons. The van der Waals surface area contributed by atoms with Gasteiger partial charge in [-0.1, -0.05) is 48.5 Å². The summed E-state index contributed by atoms with van der Waals surface area (Å²) in [5.74, 6) is 1.12. The molecule has 2 aromatic rings. The van der Waals surface area contributed by atoms with Crippen LogP contribution in [0.1, 0.15) is 49.9 Å². The van der Waals surface area contributed by atoms with E-state index in [9.17, 15) is 0 Å². The largest absolute Gasteiger partial charge is 0.334 e. The monoisotopic (exact) mass is 305 g/mol. The van der Waals surface area contributed by atoms with Gasteiger partial charge in [0, 0.05) is 10.6 Å². The van der Waals surface area contributed by atoms with Gasteiger partial charge in [-0.15, -0.1) is 0 Å². The molecule has 1 heterocycles. The average Bonchev–Trinajstić information content (AvgIpc) is 2.86. The highest BCUT2D eigenvalue weighted by Crippen LogP contribution is 2.34. The molecule has 1 fully saturated rings. The highest BCUT2D eigenvalue weighted by molar-refractivity contribution is 6.31. The number of nitrogens with zero attached hydrogens (tertiary/aromatic N) is 2. The van der Waals surface area contributed by atoms with E-state index in [0.717, 1.165) is 36.8 Å². The lowest BCUT2D eigenvalue weighted by molar-refractivity contribution is 0.334. The fraction of sp³-hybridized carbons (Fsp3) is 0.500. The first kappa shape index (κ1) is 14.5. The lowest BCUT2D eigenvalue weighted by atomic mass is 9.91. The third kappa shape index (κ3) is 2.83. The average molecular weight is 306 g/mol. The Morgan fingerprint density at radius 3 is 2.62 bits per heavy atom. The van der Waals surface area contributed by atoms with Crippen LogP contribution in [0.4, 0.5) is 0 Å². The molecular formula is C16H20ClN3O. The minimum Gasteiger partial charge on any atom is -0.334 e. The third-order valence-electron chi connectivity index (χ3n) is 4.37. The Bertz CT molecular complexity index is 630. The molecule has 0 atom stereocenters. The van der Waals surface area contributed by atoms with Crippen LogP contribution in [0.25, 0.3) is 11.5 Å². The second-order valence-corrected chi connectivity index (χ2v) is 6.31. The van der Waals surface area contributed by atoms with Crippen molar-refractivity contribution in [2.24, 2.45) is 5.73 Å². The molecular weight excluding hydrogens is 286 g/mol. The van der Waals surface area contributed by atoms with Crippen LogP contribution in [0, 0.1) is 6.92 Å². The van der Waals surface area contributed by atoms with E-state index in [1.807, 2.05) is 25.1 Å². The van der Waals surface area contributed by atoms with Crippen molar-refractivity contribution in [3.63, 3.8) is 0 Å². The van der Waals surface area contributed by atoms with E-state index < -0.39 is 5.54 Å². The number of rotatable bonds is 2. The zero-order valence-electron chi connectivity index (χ0n) is 12.2. The van der Waals surface area contributed by atoms with Gasteiger partial charge in [-0.3, -0.25) is 0 Å². The minimum absolute atomic E-state index is 0.454. The first-order valence-corrected chi connectivity index (χ1v) is 7.86. The van der Waals surface area contributed by atoms with Gasteiger partial charge < -0.3 is 10.3 Å². The van der Waals surface area contributed by atoms with Crippen LogP contribution < -0.4 is 5.73 Å². The van der Waals surface area contributed by atoms with Gasteiger partial charge in [-0.25, -0.2) is 0 Å². The molecule has 5 heteroatoms. The summed E-state index contributed by atoms with van der Waals surface area (Å²) in [6, 6.07) is 5.68. The highest BCUT2D eigenvalue weighted by atomic mass is 35.5. The maximum absolute atomic E-state index is 6.53. The van der Waals surface area contributed by atoms with E-state index in [0.29, 0.717) is 16.7 Å². The van der Waals surface area contributed by atoms with Crippen molar-refractivity contribution in [3.8, 4) is 11.5 Å². The van der Waals surface area contributed by atoms with E-state index in [1.54, 1.807) is 0 Å². The Labute approximate surface area is 129 Å². The second-order valence-electron chi connectivity index (χ2n) is 5.91. The molecule has 1 aromatic heterocycles. The molecule has 1 aromatic carbocycles. The summed E-state index contributed by atoms with van der Waals surface area (Å²) in [6.45, 7) is 1.95. The summed E-state index contributed by atoms with van der Waals surface area (Å²) >= 11 is 6.15. The summed E-state index contributed by atoms with van der Waals surface area (Å²) in [5, 5.41) is 4.84. The lowest BCUT2D eigenvalue weighted by Crippen LogP contribution is -2.37. The predicted molar refractivity (Wildman–Crippen MR) is 83.0 cm³/mol. The topological polar surface area (TPSA) is 64.9 Å². The Kier molecular flexibility index (Phi) is 4.00. The van der Waals surface area contributed by atoms with Crippen LogP contribution in [-0.2, 0) is 5.54 Å². The van der Waals surface area contributed by atoms with E-state index in [2.05, 4.69) is 10.1 Å². The molecule has 0 aliphatic heterocycles. The summed E-state index contributed by atoms with van der Waals surface area (Å²) in [5.41, 5.74) is 7.89. The second kappa shape index (κ2) is 5.78. The van der Waals surface area contributed by atoms with Gasteiger partial charge in [0.1, 0.15) is 0 Å². The van der Waals surface area contributed by atoms with Gasteiger partial charge in [-0.2, -0.15) is 4.98 Å². The molecule has 0 radical (unpaired) electrons. The van der Waals surface area contributed by atoms with E-state index in [4.69, 9.17) is 21.9 Å². The first-order valence-electron chi connectivity index (χ1n) is 7.49. The van der Waals surface area contributed by atoms with Gasteiger partial charge in [0.05, 0.1) is 5.54 Å². The van der Waals surface area contributed by atoms with Crippen molar-refractivity contribution in [1.29, 1.82) is 0 Å². The summed E-state index contributed by atoms with van der Waals surface area (Å²) in [4.78, 5) is 4.56. The molecule has 0 spiro atoms. The highest BCUT2D eigenvalue weighted by Gasteiger charge is 2.33. The summed E-state index contributed by atoms with van der Waals surface area (Å²) in [6.07, 6.45) is 6.54. The van der Waals surface area contributed by atoms with Crippen molar-refractivity contribution in [2.75, 3.05) is 0 Å². The van der Waals surface area contributed by atoms with Crippen LogP contribution in [0.3, 0.4) is 0 Å². The standard InChI is InChI=1S/C16H20ClN3O/c1-11-12(7-6-8-13(11)17)14-19-15(20-21-14)16(18)9-4-2-3-5-10-16/h6-8H,2-5,9-10,18H2,1H3. The van der Waals surface area contributed by atoms with Gasteiger partial charge in [0.15, 0.2) is 5.82 Å². The SMILES string of the molecule is Cc1c(Cl)cccc1-c1nc(C2(N)CCCCCC2)no1. The molecule has 0 amide bonds. The van der Waals surface area contributed by atoms with Crippen LogP contribution in [0.15, 0.2) is 22.7 Å². The molecule has 0 unspecified atom stereocenters. The predicted octanol–water partition coefficient (Wildman–Crippen LogP) is 4.21. The maximum Gasteiger partial charge on any atom is 0.258 e. The molecule has 3 rings (SSSR count). The minimum atomic E-state index is -0.454. The van der Waals surface area contributed by atoms with Gasteiger partial charge >= 0.3 is 0 Å². The first-order chi connectivity index (χ1) is 10.1. The molecule has 4 nitrogen and oxygen atoms in total. The molecule has 21 heavy (non-hydrogen) atoms. The van der Waals surface area contributed by atoms with Crippen LogP contribution in [0.5, 0.6) is 0 Å². The molecule has 1 aliphatic carbocycles. The molecule has 1 saturated carbocycles. The van der Waals surface area contributed by atoms with Crippen molar-refractivity contribution in [1.82, 2.24) is 10.1 Å². The normalized spacial score (nSPS) is 18.4. The summed E-state index contributed by atoms with van der Waals surface area (Å²) in [7, 11) is 0. The summed E-state index contributed by atoms with van der Waals surface area (Å²) < 4.78 is 5.45. The number of hydrogen-bond acceptors (Lipinski definition) is 4. The molecule has 2 N–H and O–H groups in total. The van der Waals surface area contributed by atoms with Crippen molar-refractivity contribution in [2.45, 2.75) is 51.0 Å². The zero-order chi connectivity index (χ0) is 14.9. The number of benzene rings is 1. The van der Waals surface area contributed by atoms with E-state index in [1.165, 1.54) is 12.8 Å². The molecule has 0 saturated heterocycles. The van der Waals surface area contributed by atoms with E-state index in [-0.39, 0.29) is 0 Å². The number of aromatic nitrogens is 2. The van der Waals surface area contributed by atoms with Gasteiger partial charge in [0.2, 0.25) is 0 Å². The number of hydrogen-bond donors (Lipinski definition) is 1. The van der Waals surface area contributed by atoms with Crippen molar-refractivity contribution >= 4 is 11.6 Å². The maximum atomic E-state index is 6.53. The van der Waals surface area contributed by atoms with Crippen LogP contribution in [-0.4, -0.2) is 10.1 Å². The third-order valence-corrected chi connectivity index (χ3v) is 4.77. The van der Waals surface area contributed by atoms with Crippen molar-refractivity contribution in [3.05, 3.63) is 34.6 Å². The Balaban J connectivity index is 1.94. The number of halogens is 1. The van der Waals surface area contributed by atoms with Gasteiger partial charge in [0.25, 0.3) is 5.89 Å². The molecule has 0 bridgehead atoms. The van der Waals surface area contributed by atoms with Crippen molar-refractivity contribution < 1.29 is 4.52 Å². The fourth-order valence-electron chi connectivity index (χ4n) is 2.96. The Hall–Kier alpha value is -1.39. The van der Waals surface area contributed by atoms with Gasteiger partial charge in [-0.05, 0) is 37.5 Å². The lowest BCUT2D eigenvalue weighted by Gasteiger charge is -2.23. The Morgan fingerprint density at radius 2 is 1.90 bits per heavy atom. The fourth-order valence-corrected chi connectivity index (χ4v) is 3.13. The molecule has 1 aliphatic rings. The van der Waals surface area contributed by atoms with E-state index >= 15 is 0 Å². The number of nitrogens with two attached hydrogens (primary N) is 1.